The van der Waals surface area contributed by atoms with Crippen molar-refractivity contribution < 1.29 is 9.53 Å². The van der Waals surface area contributed by atoms with E-state index in [2.05, 4.69) is 4.98 Å². The van der Waals surface area contributed by atoms with Crippen LogP contribution in [-0.4, -0.2) is 15.5 Å². The van der Waals surface area contributed by atoms with Crippen molar-refractivity contribution in [3.8, 4) is 0 Å². The fraction of sp³-hybridized carbons (Fsp3) is 0.227. The highest BCUT2D eigenvalue weighted by Gasteiger charge is 2.24. The van der Waals surface area contributed by atoms with Gasteiger partial charge < -0.3 is 4.74 Å². The Kier molecular flexibility index (Phi) is 4.02. The second-order valence-electron chi connectivity index (χ2n) is 7.04. The van der Waals surface area contributed by atoms with Gasteiger partial charge in [-0.1, -0.05) is 42.5 Å². The van der Waals surface area contributed by atoms with E-state index in [-0.39, 0.29) is 12.2 Å². The van der Waals surface area contributed by atoms with Crippen LogP contribution in [0.3, 0.4) is 0 Å². The zero-order valence-corrected chi connectivity index (χ0v) is 16.2. The average Bonchev–Trinajstić information content (AvgIpc) is 3.31. The van der Waals surface area contributed by atoms with Crippen LogP contribution in [0.15, 0.2) is 47.3 Å². The monoisotopic (exact) mass is 390 g/mol. The van der Waals surface area contributed by atoms with Gasteiger partial charge in [0.15, 0.2) is 0 Å². The highest BCUT2D eigenvalue weighted by atomic mass is 32.1. The van der Waals surface area contributed by atoms with E-state index >= 15 is 0 Å². The molecule has 0 amide bonds. The predicted molar refractivity (Wildman–Crippen MR) is 110 cm³/mol. The number of hydrogen-bond donors (Lipinski definition) is 0. The van der Waals surface area contributed by atoms with Crippen molar-refractivity contribution in [2.24, 2.45) is 0 Å². The van der Waals surface area contributed by atoms with Crippen LogP contribution in [0.4, 0.5) is 0 Å². The van der Waals surface area contributed by atoms with Crippen molar-refractivity contribution in [3.05, 3.63) is 74.6 Å². The molecule has 0 saturated carbocycles. The quantitative estimate of drug-likeness (QED) is 0.491. The molecule has 1 aliphatic heterocycles. The molecule has 2 aromatic heterocycles. The van der Waals surface area contributed by atoms with E-state index in [0.29, 0.717) is 27.2 Å². The third kappa shape index (κ3) is 2.64. The summed E-state index contributed by atoms with van der Waals surface area (Å²) in [6, 6.07) is 14.0. The second-order valence-corrected chi connectivity index (χ2v) is 8.04. The average molecular weight is 390 g/mol. The number of aryl methyl sites for hydroxylation is 2. The standard InChI is InChI=1S/C22H18N2O3S/c1-13-18-20(23-17-10-5-11-24(17)21(18)25)28-19(13)22(26)27-12-15-8-4-7-14-6-2-3-9-16(14)15/h2-4,6-9H,5,10-12H2,1H3. The van der Waals surface area contributed by atoms with E-state index in [1.54, 1.807) is 11.5 Å². The van der Waals surface area contributed by atoms with E-state index < -0.39 is 5.97 Å². The number of hydrogen-bond acceptors (Lipinski definition) is 5. The number of esters is 1. The molecule has 0 fully saturated rings. The third-order valence-corrected chi connectivity index (χ3v) is 6.50. The lowest BCUT2D eigenvalue weighted by Crippen LogP contribution is -2.20. The first-order valence-electron chi connectivity index (χ1n) is 9.30. The van der Waals surface area contributed by atoms with Crippen LogP contribution in [0.25, 0.3) is 21.0 Å². The fourth-order valence-corrected chi connectivity index (χ4v) is 4.98. The summed E-state index contributed by atoms with van der Waals surface area (Å²) in [4.78, 5) is 31.2. The first-order valence-corrected chi connectivity index (χ1v) is 10.1. The van der Waals surface area contributed by atoms with Gasteiger partial charge in [0.2, 0.25) is 0 Å². The Balaban J connectivity index is 1.47. The number of rotatable bonds is 3. The van der Waals surface area contributed by atoms with Gasteiger partial charge in [-0.25, -0.2) is 9.78 Å². The Hall–Kier alpha value is -2.99. The highest BCUT2D eigenvalue weighted by Crippen LogP contribution is 2.29. The Labute approximate surface area is 165 Å². The van der Waals surface area contributed by atoms with E-state index in [1.165, 1.54) is 11.3 Å². The summed E-state index contributed by atoms with van der Waals surface area (Å²) in [5.41, 5.74) is 1.59. The SMILES string of the molecule is Cc1c(C(=O)OCc2cccc3ccccc23)sc2nc3n(c(=O)c12)CCC3. The van der Waals surface area contributed by atoms with Gasteiger partial charge in [-0.15, -0.1) is 11.3 Å². The predicted octanol–water partition coefficient (Wildman–Crippen LogP) is 4.22. The number of aromatic nitrogens is 2. The Morgan fingerprint density at radius 3 is 2.93 bits per heavy atom. The van der Waals surface area contributed by atoms with Gasteiger partial charge in [0.05, 0.1) is 5.39 Å². The third-order valence-electron chi connectivity index (χ3n) is 5.34. The Morgan fingerprint density at radius 1 is 1.21 bits per heavy atom. The molecule has 5 nitrogen and oxygen atoms in total. The summed E-state index contributed by atoms with van der Waals surface area (Å²) < 4.78 is 7.34. The number of fused-ring (bicyclic) bond motifs is 3. The largest absolute Gasteiger partial charge is 0.457 e. The molecule has 0 unspecified atom stereocenters. The maximum absolute atomic E-state index is 12.8. The van der Waals surface area contributed by atoms with Gasteiger partial charge in [-0.3, -0.25) is 9.36 Å². The molecule has 0 aliphatic carbocycles. The van der Waals surface area contributed by atoms with Crippen LogP contribution >= 0.6 is 11.3 Å². The van der Waals surface area contributed by atoms with Crippen LogP contribution in [-0.2, 0) is 24.3 Å². The number of ether oxygens (including phenoxy) is 1. The molecule has 0 radical (unpaired) electrons. The molecule has 3 heterocycles. The molecule has 0 bridgehead atoms. The van der Waals surface area contributed by atoms with Crippen molar-refractivity contribution in [3.63, 3.8) is 0 Å². The summed E-state index contributed by atoms with van der Waals surface area (Å²) in [6.07, 6.45) is 1.75. The Morgan fingerprint density at radius 2 is 2.04 bits per heavy atom. The molecular weight excluding hydrogens is 372 g/mol. The van der Waals surface area contributed by atoms with Gasteiger partial charge in [0, 0.05) is 13.0 Å². The first-order chi connectivity index (χ1) is 13.6. The lowest BCUT2D eigenvalue weighted by atomic mass is 10.1. The minimum Gasteiger partial charge on any atom is -0.457 e. The molecule has 0 spiro atoms. The van der Waals surface area contributed by atoms with E-state index in [9.17, 15) is 9.59 Å². The molecule has 1 aliphatic rings. The van der Waals surface area contributed by atoms with Crippen molar-refractivity contribution in [2.45, 2.75) is 32.9 Å². The van der Waals surface area contributed by atoms with Crippen molar-refractivity contribution in [2.75, 3.05) is 0 Å². The maximum atomic E-state index is 12.8. The highest BCUT2D eigenvalue weighted by molar-refractivity contribution is 7.20. The van der Waals surface area contributed by atoms with Crippen molar-refractivity contribution in [1.82, 2.24) is 9.55 Å². The van der Waals surface area contributed by atoms with Crippen LogP contribution in [0.1, 0.15) is 33.0 Å². The van der Waals surface area contributed by atoms with Gasteiger partial charge in [-0.05, 0) is 35.2 Å². The minimum atomic E-state index is -0.405. The van der Waals surface area contributed by atoms with Gasteiger partial charge >= 0.3 is 5.97 Å². The summed E-state index contributed by atoms with van der Waals surface area (Å²) in [7, 11) is 0. The molecule has 0 N–H and O–H groups in total. The summed E-state index contributed by atoms with van der Waals surface area (Å²) in [5, 5.41) is 2.73. The number of benzene rings is 2. The molecule has 5 rings (SSSR count). The van der Waals surface area contributed by atoms with E-state index in [1.807, 2.05) is 42.5 Å². The number of thiophene rings is 1. The molecular formula is C22H18N2O3S. The molecule has 0 atom stereocenters. The zero-order chi connectivity index (χ0) is 19.3. The van der Waals surface area contributed by atoms with Crippen LogP contribution in [0, 0.1) is 6.92 Å². The second kappa shape index (κ2) is 6.56. The fourth-order valence-electron chi connectivity index (χ4n) is 3.90. The lowest BCUT2D eigenvalue weighted by molar-refractivity contribution is 0.0479. The lowest BCUT2D eigenvalue weighted by Gasteiger charge is -2.07. The molecule has 2 aromatic carbocycles. The topological polar surface area (TPSA) is 61.2 Å². The van der Waals surface area contributed by atoms with Gasteiger partial charge in [-0.2, -0.15) is 0 Å². The maximum Gasteiger partial charge on any atom is 0.349 e. The van der Waals surface area contributed by atoms with Gasteiger partial charge in [0.1, 0.15) is 22.1 Å². The summed E-state index contributed by atoms with van der Waals surface area (Å²) in [5.74, 6) is 0.410. The zero-order valence-electron chi connectivity index (χ0n) is 15.4. The molecule has 140 valence electrons. The van der Waals surface area contributed by atoms with Crippen LogP contribution in [0.2, 0.25) is 0 Å². The van der Waals surface area contributed by atoms with Crippen molar-refractivity contribution in [1.29, 1.82) is 0 Å². The smallest absolute Gasteiger partial charge is 0.349 e. The molecule has 0 saturated heterocycles. The summed E-state index contributed by atoms with van der Waals surface area (Å²) in [6.45, 7) is 2.70. The van der Waals surface area contributed by atoms with Crippen LogP contribution < -0.4 is 5.56 Å². The summed E-state index contributed by atoms with van der Waals surface area (Å²) >= 11 is 1.25. The molecule has 4 aromatic rings. The number of nitrogens with zero attached hydrogens (tertiary/aromatic N) is 2. The minimum absolute atomic E-state index is 0.0423. The number of carbonyl (C=O) groups is 1. The normalized spacial score (nSPS) is 13.2. The Bertz CT molecular complexity index is 1300. The molecule has 28 heavy (non-hydrogen) atoms. The molecule has 6 heteroatoms. The van der Waals surface area contributed by atoms with Gasteiger partial charge in [0.25, 0.3) is 5.56 Å². The van der Waals surface area contributed by atoms with E-state index in [0.717, 1.165) is 35.0 Å². The van der Waals surface area contributed by atoms with Crippen molar-refractivity contribution >= 4 is 38.3 Å². The van der Waals surface area contributed by atoms with Crippen LogP contribution in [0.5, 0.6) is 0 Å². The first kappa shape index (κ1) is 17.1. The number of carbonyl (C=O) groups excluding carboxylic acids is 1. The van der Waals surface area contributed by atoms with E-state index in [4.69, 9.17) is 4.74 Å².